The first-order valence-corrected chi connectivity index (χ1v) is 24.9. The number of carbonyl (C=O) groups excluding carboxylic acids is 2. The average molecular weight is 939 g/mol. The topological polar surface area (TPSA) is 231 Å². The summed E-state index contributed by atoms with van der Waals surface area (Å²) in [5, 5.41) is 72.0. The molecule has 11 atom stereocenters. The predicted octanol–water partition coefficient (Wildman–Crippen LogP) is 6.49. The van der Waals surface area contributed by atoms with Crippen LogP contribution in [-0.4, -0.2) is 142 Å². The Balaban J connectivity index is 1.82. The summed E-state index contributed by atoms with van der Waals surface area (Å²) in [6, 6.07) is 0. The molecule has 2 aliphatic rings. The molecular formula is C51H86O15. The molecule has 5 unspecified atom stereocenters. The lowest BCUT2D eigenvalue weighted by Gasteiger charge is -2.42. The first kappa shape index (κ1) is 59.3. The Hall–Kier alpha value is -2.80. The summed E-state index contributed by atoms with van der Waals surface area (Å²) in [4.78, 5) is 25.7. The monoisotopic (exact) mass is 939 g/mol. The van der Waals surface area contributed by atoms with E-state index < -0.39 is 99.3 Å². The first-order chi connectivity index (χ1) is 32.0. The predicted molar refractivity (Wildman–Crippen MR) is 252 cm³/mol. The van der Waals surface area contributed by atoms with Gasteiger partial charge in [0.1, 0.15) is 55.4 Å². The minimum absolute atomic E-state index is 0.138. The van der Waals surface area contributed by atoms with Crippen LogP contribution in [0.25, 0.3) is 0 Å². The molecule has 2 fully saturated rings. The Kier molecular flexibility index (Phi) is 34.2. The molecular weight excluding hydrogens is 853 g/mol. The Bertz CT molecular complexity index is 1380. The second-order valence-corrected chi connectivity index (χ2v) is 17.3. The van der Waals surface area contributed by atoms with Crippen LogP contribution >= 0.6 is 0 Å². The fourth-order valence-corrected chi connectivity index (χ4v) is 7.42. The Labute approximate surface area is 394 Å². The number of unbranched alkanes of at least 4 members (excludes halogenated alkanes) is 15. The van der Waals surface area contributed by atoms with Crippen molar-refractivity contribution in [3.8, 4) is 0 Å². The Morgan fingerprint density at radius 2 is 1.02 bits per heavy atom. The molecule has 0 amide bonds. The normalized spacial score (nSPS) is 26.7. The Morgan fingerprint density at radius 3 is 1.61 bits per heavy atom. The van der Waals surface area contributed by atoms with Gasteiger partial charge < -0.3 is 64.2 Å². The van der Waals surface area contributed by atoms with E-state index in [0.29, 0.717) is 12.8 Å². The number of hydrogen-bond acceptors (Lipinski definition) is 15. The van der Waals surface area contributed by atoms with Crippen molar-refractivity contribution in [3.63, 3.8) is 0 Å². The largest absolute Gasteiger partial charge is 0.462 e. The van der Waals surface area contributed by atoms with Crippen LogP contribution in [0.3, 0.4) is 0 Å². The van der Waals surface area contributed by atoms with Crippen molar-refractivity contribution in [2.24, 2.45) is 0 Å². The highest BCUT2D eigenvalue weighted by atomic mass is 16.7. The SMILES string of the molecule is CC/C=C/C=C/C=C/CCCCCCCC(=O)OC(COC(=O)CCCCCCCCC/C=C/C/C=C/CCCCC)CO[C@@H]1O[C@H](CO[C@@H]2O[C@H](CO)[C@H](O)C(O)C2O)[C@H](O)C(O)C1O. The number of carbonyl (C=O) groups is 2. The zero-order valence-electron chi connectivity index (χ0n) is 39.9. The molecule has 2 aliphatic heterocycles. The van der Waals surface area contributed by atoms with Crippen LogP contribution in [0.4, 0.5) is 0 Å². The number of ether oxygens (including phenoxy) is 6. The van der Waals surface area contributed by atoms with Crippen molar-refractivity contribution in [3.05, 3.63) is 60.8 Å². The maximum absolute atomic E-state index is 13.0. The third-order valence-electron chi connectivity index (χ3n) is 11.5. The van der Waals surface area contributed by atoms with Gasteiger partial charge in [-0.25, -0.2) is 0 Å². The van der Waals surface area contributed by atoms with E-state index in [0.717, 1.165) is 77.0 Å². The van der Waals surface area contributed by atoms with E-state index in [2.05, 4.69) is 50.3 Å². The lowest BCUT2D eigenvalue weighted by Crippen LogP contribution is -2.61. The third kappa shape index (κ3) is 26.1. The number of aliphatic hydroxyl groups excluding tert-OH is 7. The van der Waals surface area contributed by atoms with Crippen LogP contribution < -0.4 is 0 Å². The molecule has 15 nitrogen and oxygen atoms in total. The first-order valence-electron chi connectivity index (χ1n) is 24.9. The molecule has 380 valence electrons. The van der Waals surface area contributed by atoms with Gasteiger partial charge in [0.2, 0.25) is 0 Å². The average Bonchev–Trinajstić information content (AvgIpc) is 3.31. The van der Waals surface area contributed by atoms with Crippen LogP contribution in [0.1, 0.15) is 155 Å². The van der Waals surface area contributed by atoms with E-state index in [-0.39, 0.29) is 19.4 Å². The van der Waals surface area contributed by atoms with E-state index in [9.17, 15) is 45.3 Å². The summed E-state index contributed by atoms with van der Waals surface area (Å²) in [6.07, 6.45) is 25.4. The summed E-state index contributed by atoms with van der Waals surface area (Å²) < 4.78 is 33.5. The highest BCUT2D eigenvalue weighted by Gasteiger charge is 2.47. The van der Waals surface area contributed by atoms with Crippen LogP contribution in [0.5, 0.6) is 0 Å². The Morgan fingerprint density at radius 1 is 0.515 bits per heavy atom. The van der Waals surface area contributed by atoms with Gasteiger partial charge in [0.25, 0.3) is 0 Å². The zero-order chi connectivity index (χ0) is 48.2. The molecule has 0 radical (unpaired) electrons. The van der Waals surface area contributed by atoms with Crippen molar-refractivity contribution < 1.29 is 73.8 Å². The van der Waals surface area contributed by atoms with Crippen molar-refractivity contribution in [1.82, 2.24) is 0 Å². The van der Waals surface area contributed by atoms with E-state index in [1.54, 1.807) is 0 Å². The number of esters is 2. The number of rotatable bonds is 37. The maximum Gasteiger partial charge on any atom is 0.306 e. The summed E-state index contributed by atoms with van der Waals surface area (Å²) >= 11 is 0. The minimum Gasteiger partial charge on any atom is -0.462 e. The minimum atomic E-state index is -1.77. The molecule has 0 aliphatic carbocycles. The van der Waals surface area contributed by atoms with Gasteiger partial charge in [0, 0.05) is 12.8 Å². The molecule has 66 heavy (non-hydrogen) atoms. The van der Waals surface area contributed by atoms with Crippen LogP contribution in [-0.2, 0) is 38.0 Å². The molecule has 2 rings (SSSR count). The van der Waals surface area contributed by atoms with Crippen LogP contribution in [0, 0.1) is 0 Å². The molecule has 2 heterocycles. The molecule has 0 bridgehead atoms. The van der Waals surface area contributed by atoms with Gasteiger partial charge in [-0.3, -0.25) is 9.59 Å². The molecule has 0 spiro atoms. The zero-order valence-corrected chi connectivity index (χ0v) is 39.9. The second-order valence-electron chi connectivity index (χ2n) is 17.3. The highest BCUT2D eigenvalue weighted by Crippen LogP contribution is 2.26. The van der Waals surface area contributed by atoms with E-state index in [1.807, 2.05) is 24.3 Å². The highest BCUT2D eigenvalue weighted by molar-refractivity contribution is 5.70. The second kappa shape index (κ2) is 38.1. The van der Waals surface area contributed by atoms with E-state index >= 15 is 0 Å². The summed E-state index contributed by atoms with van der Waals surface area (Å²) in [7, 11) is 0. The van der Waals surface area contributed by atoms with Crippen LogP contribution in [0.15, 0.2) is 60.8 Å². The van der Waals surface area contributed by atoms with Crippen molar-refractivity contribution in [2.75, 3.05) is 26.4 Å². The van der Waals surface area contributed by atoms with Crippen molar-refractivity contribution >= 4 is 11.9 Å². The number of aliphatic hydroxyl groups is 7. The third-order valence-corrected chi connectivity index (χ3v) is 11.5. The smallest absolute Gasteiger partial charge is 0.306 e. The van der Waals surface area contributed by atoms with Gasteiger partial charge in [-0.15, -0.1) is 0 Å². The molecule has 0 aromatic heterocycles. The van der Waals surface area contributed by atoms with E-state index in [1.165, 1.54) is 38.5 Å². The van der Waals surface area contributed by atoms with Gasteiger partial charge in [0.15, 0.2) is 18.7 Å². The van der Waals surface area contributed by atoms with Crippen molar-refractivity contribution in [1.29, 1.82) is 0 Å². The molecule has 2 saturated heterocycles. The van der Waals surface area contributed by atoms with Gasteiger partial charge in [-0.05, 0) is 64.2 Å². The van der Waals surface area contributed by atoms with Crippen molar-refractivity contribution in [2.45, 2.75) is 223 Å². The number of allylic oxidation sites excluding steroid dienone is 10. The van der Waals surface area contributed by atoms with Gasteiger partial charge >= 0.3 is 11.9 Å². The van der Waals surface area contributed by atoms with Crippen LogP contribution in [0.2, 0.25) is 0 Å². The summed E-state index contributed by atoms with van der Waals surface area (Å²) in [5.41, 5.74) is 0. The molecule has 7 N–H and O–H groups in total. The van der Waals surface area contributed by atoms with Gasteiger partial charge in [-0.1, -0.05) is 139 Å². The van der Waals surface area contributed by atoms with Gasteiger partial charge in [-0.2, -0.15) is 0 Å². The maximum atomic E-state index is 13.0. The lowest BCUT2D eigenvalue weighted by atomic mass is 9.98. The molecule has 0 aromatic carbocycles. The lowest BCUT2D eigenvalue weighted by molar-refractivity contribution is -0.332. The quantitative estimate of drug-likeness (QED) is 0.0153. The fraction of sp³-hybridized carbons (Fsp3) is 0.765. The fourth-order valence-electron chi connectivity index (χ4n) is 7.42. The standard InChI is InChI=1S/C51H86O15/c1-3-5-7-9-11-13-15-17-18-19-20-22-23-25-27-29-31-33-42(53)61-36-39(64-43(54)34-32-30-28-26-24-21-16-14-12-10-8-6-4-2)37-62-50-49(60)47(58)45(56)41(66-50)38-63-51-48(59)46(57)44(55)40(35-52)65-51/h6,8,10-14,16-18,39-41,44-52,55-60H,3-5,7,9,15,19-38H2,1-2H3/b8-6+,12-10+,13-11+,16-14+,18-17+/t39?,40-,41-,44+,45+,46?,47?,48?,49?,50-,51-/m1/s1. The molecule has 0 saturated carbocycles. The summed E-state index contributed by atoms with van der Waals surface area (Å²) in [6.45, 7) is 2.38. The molecule has 0 aromatic rings. The summed E-state index contributed by atoms with van der Waals surface area (Å²) in [5.74, 6) is -0.963. The molecule has 15 heteroatoms. The van der Waals surface area contributed by atoms with E-state index in [4.69, 9.17) is 28.4 Å². The van der Waals surface area contributed by atoms with Gasteiger partial charge in [0.05, 0.1) is 19.8 Å². The number of hydrogen-bond donors (Lipinski definition) is 7.